The first-order valence-corrected chi connectivity index (χ1v) is 46.1. The molecule has 0 bridgehead atoms. The average molecular weight is 1870 g/mol. The number of benzene rings is 8. The maximum Gasteiger partial charge on any atom is 0.397 e. The summed E-state index contributed by atoms with van der Waals surface area (Å²) in [7, 11) is -35.5. The Morgan fingerprint density at radius 2 is 0.839 bits per heavy atom. The summed E-state index contributed by atoms with van der Waals surface area (Å²) in [5.41, 5.74) is -0.371. The second kappa shape index (κ2) is 38.1. The minimum atomic E-state index is -4.99. The number of hydrogen-bond donors (Lipinski definition) is 10. The number of nitrogens with zero attached hydrogens (tertiary/aromatic N) is 12. The van der Waals surface area contributed by atoms with Gasteiger partial charge in [-0.25, -0.2) is 52.6 Å². The SMILES string of the molecule is C=CS(=O)(=O)c1ccc(N=Nc2c(SOOO)cc3c(S(=O)(=O)O)ccc(Nc4nc(Cl)nc(N(CC)c5cccc(S(=O)(=O)CCOS(=O)(=O)O)c5)n4)c3c2O)cc1.C=CS(=O)(=O)c1cccc(N(CC)c2nc(Cl)nc(Nc3ccc(S(=O)(=O)O)c4cc(SOOO)c(N=Nc5ccc(S(=O)(=O)CCOS(=O)(=O)O)cc5)c(O)c34)n2)c1. The molecule has 10 N–H and O–H groups in total. The summed E-state index contributed by atoms with van der Waals surface area (Å²) in [6.07, 6.45) is 0. The van der Waals surface area contributed by atoms with Gasteiger partial charge in [0, 0.05) is 46.1 Å². The molecule has 628 valence electrons. The third-order valence-corrected chi connectivity index (χ3v) is 25.9. The van der Waals surface area contributed by atoms with E-state index in [9.17, 15) is 86.7 Å². The molecular formula is C62H56Cl2N14O30S10. The molecule has 0 radical (unpaired) electrons. The molecule has 2 heterocycles. The number of halogens is 2. The van der Waals surface area contributed by atoms with Crippen LogP contribution in [-0.4, -0.2) is 174 Å². The monoisotopic (exact) mass is 1870 g/mol. The zero-order valence-electron chi connectivity index (χ0n) is 59.3. The summed E-state index contributed by atoms with van der Waals surface area (Å²) >= 11 is 13.1. The molecule has 0 amide bonds. The molecule has 10 rings (SSSR count). The van der Waals surface area contributed by atoms with Crippen molar-refractivity contribution in [2.24, 2.45) is 20.5 Å². The van der Waals surface area contributed by atoms with Crippen LogP contribution in [0, 0.1) is 0 Å². The Kier molecular flexibility index (Phi) is 29.7. The highest BCUT2D eigenvalue weighted by molar-refractivity contribution is 7.95. The van der Waals surface area contributed by atoms with Crippen LogP contribution in [0.2, 0.25) is 10.6 Å². The maximum absolute atomic E-state index is 12.9. The lowest BCUT2D eigenvalue weighted by Crippen LogP contribution is -2.21. The van der Waals surface area contributed by atoms with Crippen molar-refractivity contribution in [3.63, 3.8) is 0 Å². The normalized spacial score (nSPS) is 12.6. The van der Waals surface area contributed by atoms with E-state index in [1.54, 1.807) is 19.9 Å². The quantitative estimate of drug-likeness (QED) is 0.00573. The number of nitrogens with one attached hydrogen (secondary N) is 2. The van der Waals surface area contributed by atoms with Crippen molar-refractivity contribution in [3.8, 4) is 11.5 Å². The minimum absolute atomic E-state index is 0.00147. The lowest BCUT2D eigenvalue weighted by atomic mass is 10.1. The Balaban J connectivity index is 0.000000269. The van der Waals surface area contributed by atoms with Gasteiger partial charge >= 0.3 is 20.8 Å². The van der Waals surface area contributed by atoms with Gasteiger partial charge in [-0.15, -0.1) is 18.9 Å². The fourth-order valence-corrected chi connectivity index (χ4v) is 17.4. The van der Waals surface area contributed by atoms with Crippen LogP contribution < -0.4 is 20.4 Å². The second-order valence-corrected chi connectivity index (χ2v) is 37.9. The number of hydrogen-bond acceptors (Lipinski definition) is 42. The number of aromatic nitrogens is 6. The van der Waals surface area contributed by atoms with Crippen LogP contribution in [0.5, 0.6) is 11.5 Å². The first kappa shape index (κ1) is 92.1. The van der Waals surface area contributed by atoms with E-state index in [1.807, 2.05) is 0 Å². The molecule has 118 heavy (non-hydrogen) atoms. The zero-order valence-corrected chi connectivity index (χ0v) is 69.0. The van der Waals surface area contributed by atoms with Gasteiger partial charge in [-0.2, -0.15) is 73.8 Å². The molecule has 0 unspecified atom stereocenters. The van der Waals surface area contributed by atoms with Crippen molar-refractivity contribution in [2.75, 3.05) is 58.2 Å². The number of anilines is 8. The highest BCUT2D eigenvalue weighted by atomic mass is 35.5. The lowest BCUT2D eigenvalue weighted by Gasteiger charge is -2.22. The zero-order chi connectivity index (χ0) is 86.7. The summed E-state index contributed by atoms with van der Waals surface area (Å²) in [4.78, 5) is 25.6. The number of phenols is 2. The first-order valence-electron chi connectivity index (χ1n) is 31.8. The van der Waals surface area contributed by atoms with Crippen LogP contribution in [0.1, 0.15) is 13.8 Å². The van der Waals surface area contributed by atoms with Gasteiger partial charge in [-0.3, -0.25) is 18.2 Å². The second-order valence-electron chi connectivity index (χ2n) is 22.8. The fourth-order valence-electron chi connectivity index (χ4n) is 10.3. The Hall–Kier alpha value is -9.82. The van der Waals surface area contributed by atoms with Gasteiger partial charge in [0.25, 0.3) is 20.2 Å². The van der Waals surface area contributed by atoms with Crippen LogP contribution in [0.3, 0.4) is 0 Å². The summed E-state index contributed by atoms with van der Waals surface area (Å²) < 4.78 is 248. The predicted molar refractivity (Wildman–Crippen MR) is 422 cm³/mol. The fraction of sp³-hybridized carbons (Fsp3) is 0.129. The molecule has 44 nitrogen and oxygen atoms in total. The summed E-state index contributed by atoms with van der Waals surface area (Å²) in [6, 6.07) is 27.3. The standard InChI is InChI=1S/2C31H28ClN7O15S5/c1-3-39(19-6-5-7-21(16-19)56(42,43)4-2)31-35-29(32)34-30(36-31)33-23-12-13-25(58(46,47)48)22-17-24(55-54-53-41)27(28(40)26(22)23)38-37-18-8-10-20(11-9-18)57(44,45)15-14-52-59(49,50)51;1-3-39(19-6-5-7-21(16-19)57(44,45)15-14-52-59(49,50)51)31-35-29(32)34-30(36-31)33-23-12-13-25(58(46,47)48)22-17-24(55-54-53-41)27(28(40)26(22)23)38-37-18-8-10-20(11-9-18)56(42,43)4-2/h2*4-13,16-17,40-41H,2-3,14-15H2,1H3,(H,46,47,48)(H,49,50,51)(H,33,34,35,36). The van der Waals surface area contributed by atoms with Crippen LogP contribution in [-0.2, 0) is 107 Å². The summed E-state index contributed by atoms with van der Waals surface area (Å²) in [5.74, 6) is -3.92. The third-order valence-electron chi connectivity index (χ3n) is 15.5. The number of rotatable bonds is 36. The molecule has 0 aliphatic carbocycles. The molecule has 0 aliphatic heterocycles. The molecule has 0 saturated carbocycles. The molecule has 10 aromatic rings. The molecule has 0 saturated heterocycles. The van der Waals surface area contributed by atoms with Crippen LogP contribution in [0.4, 0.5) is 69.3 Å². The molecule has 2 aromatic heterocycles. The van der Waals surface area contributed by atoms with E-state index in [2.05, 4.69) is 101 Å². The Morgan fingerprint density at radius 3 is 1.21 bits per heavy atom. The molecule has 0 atom stereocenters. The predicted octanol–water partition coefficient (Wildman–Crippen LogP) is 11.8. The first-order chi connectivity index (χ1) is 55.3. The van der Waals surface area contributed by atoms with Gasteiger partial charge < -0.3 is 30.6 Å². The van der Waals surface area contributed by atoms with E-state index in [0.29, 0.717) is 5.69 Å². The third kappa shape index (κ3) is 23.4. The van der Waals surface area contributed by atoms with E-state index in [-0.39, 0.29) is 151 Å². The van der Waals surface area contributed by atoms with Crippen molar-refractivity contribution in [1.82, 2.24) is 29.9 Å². The highest BCUT2D eigenvalue weighted by Gasteiger charge is 2.29. The Morgan fingerprint density at radius 1 is 0.466 bits per heavy atom. The largest absolute Gasteiger partial charge is 0.505 e. The van der Waals surface area contributed by atoms with E-state index < -0.39 is 138 Å². The molecule has 0 spiro atoms. The number of azo groups is 2. The number of fused-ring (bicyclic) bond motifs is 2. The van der Waals surface area contributed by atoms with E-state index in [1.165, 1.54) is 88.7 Å². The minimum Gasteiger partial charge on any atom is -0.505 e. The summed E-state index contributed by atoms with van der Waals surface area (Å²) in [5, 5.41) is 69.7. The smallest absolute Gasteiger partial charge is 0.397 e. The Labute approximate surface area is 687 Å². The van der Waals surface area contributed by atoms with Crippen molar-refractivity contribution in [2.45, 2.75) is 53.0 Å². The van der Waals surface area contributed by atoms with E-state index >= 15 is 0 Å². The van der Waals surface area contributed by atoms with Crippen LogP contribution in [0.25, 0.3) is 21.5 Å². The topological polar surface area (TPSA) is 648 Å². The number of aromatic hydroxyl groups is 2. The van der Waals surface area contributed by atoms with Crippen molar-refractivity contribution in [1.29, 1.82) is 0 Å². The van der Waals surface area contributed by atoms with Crippen LogP contribution >= 0.6 is 47.3 Å². The van der Waals surface area contributed by atoms with E-state index in [0.717, 1.165) is 59.3 Å². The van der Waals surface area contributed by atoms with Crippen molar-refractivity contribution < 1.29 is 133 Å². The van der Waals surface area contributed by atoms with Gasteiger partial charge in [-0.1, -0.05) is 35.4 Å². The van der Waals surface area contributed by atoms with Crippen molar-refractivity contribution >= 4 is 219 Å². The summed E-state index contributed by atoms with van der Waals surface area (Å²) in [6.45, 7) is 8.59. The van der Waals surface area contributed by atoms with Gasteiger partial charge in [0.05, 0.1) is 112 Å². The van der Waals surface area contributed by atoms with Gasteiger partial charge in [0.15, 0.2) is 50.8 Å². The highest BCUT2D eigenvalue weighted by Crippen LogP contribution is 2.51. The van der Waals surface area contributed by atoms with Crippen molar-refractivity contribution in [3.05, 3.63) is 168 Å². The lowest BCUT2D eigenvalue weighted by molar-refractivity contribution is -0.432. The molecule has 0 aliphatic rings. The average Bonchev–Trinajstić information content (AvgIpc) is 0.750. The number of phenolic OH excluding ortho intramolecular Hbond substituents is 2. The van der Waals surface area contributed by atoms with Crippen LogP contribution in [0.15, 0.2) is 217 Å². The molecular weight excluding hydrogens is 1810 g/mol. The van der Waals surface area contributed by atoms with Gasteiger partial charge in [0.2, 0.25) is 34.4 Å². The van der Waals surface area contributed by atoms with E-state index in [4.69, 9.17) is 42.8 Å². The van der Waals surface area contributed by atoms with Gasteiger partial charge in [-0.05, 0) is 158 Å². The van der Waals surface area contributed by atoms with Gasteiger partial charge in [0.1, 0.15) is 21.2 Å². The molecule has 8 aromatic carbocycles. The molecule has 0 fully saturated rings. The molecule has 56 heteroatoms. The maximum atomic E-state index is 12.9. The number of sulfone groups is 4. The Bertz CT molecular complexity index is 6600.